The molecule has 4 atom stereocenters. The molecule has 3 saturated heterocycles. The van der Waals surface area contributed by atoms with Crippen LogP contribution < -0.4 is 24.6 Å². The van der Waals surface area contributed by atoms with Crippen molar-refractivity contribution in [3.05, 3.63) is 36.4 Å². The molecule has 2 aromatic heterocycles. The fourth-order valence-electron chi connectivity index (χ4n) is 7.68. The number of carboxylic acid groups (broad SMARTS) is 1. The van der Waals surface area contributed by atoms with Crippen LogP contribution in [0.25, 0.3) is 22.2 Å². The number of rotatable bonds is 9. The van der Waals surface area contributed by atoms with E-state index in [1.165, 1.54) is 33.1 Å². The van der Waals surface area contributed by atoms with E-state index in [9.17, 15) is 24.3 Å². The van der Waals surface area contributed by atoms with Crippen LogP contribution in [0.1, 0.15) is 85.5 Å². The van der Waals surface area contributed by atoms with Crippen molar-refractivity contribution >= 4 is 58.0 Å². The summed E-state index contributed by atoms with van der Waals surface area (Å²) >= 11 is 0. The van der Waals surface area contributed by atoms with Crippen LogP contribution in [0.5, 0.6) is 11.5 Å². The van der Waals surface area contributed by atoms with Crippen LogP contribution in [-0.4, -0.2) is 94.1 Å². The zero-order chi connectivity index (χ0) is 38.4. The number of fused-ring (bicyclic) bond motifs is 2. The number of ether oxygens (including phenoxy) is 2. The molecule has 54 heavy (non-hydrogen) atoms. The van der Waals surface area contributed by atoms with E-state index in [1.807, 2.05) is 4.90 Å². The fourth-order valence-corrected chi connectivity index (χ4v) is 7.68. The predicted molar refractivity (Wildman–Crippen MR) is 201 cm³/mol. The van der Waals surface area contributed by atoms with E-state index in [0.717, 1.165) is 45.2 Å². The van der Waals surface area contributed by atoms with E-state index >= 15 is 0 Å². The Morgan fingerprint density at radius 1 is 0.741 bits per heavy atom. The minimum Gasteiger partial charge on any atom is -0.480 e. The first-order valence-electron chi connectivity index (χ1n) is 18.9. The molecule has 0 aliphatic carbocycles. The maximum absolute atomic E-state index is 13.1. The average Bonchev–Trinajstić information content (AvgIpc) is 3.76. The summed E-state index contributed by atoms with van der Waals surface area (Å²) in [6.45, 7) is 10.1. The Labute approximate surface area is 313 Å². The van der Waals surface area contributed by atoms with Crippen molar-refractivity contribution in [2.24, 2.45) is 0 Å². The van der Waals surface area contributed by atoms with Gasteiger partial charge in [-0.1, -0.05) is 6.42 Å². The lowest BCUT2D eigenvalue weighted by atomic mass is 9.97. The van der Waals surface area contributed by atoms with Crippen LogP contribution in [-0.2, 0) is 19.2 Å². The minimum atomic E-state index is -0.873. The van der Waals surface area contributed by atoms with Crippen molar-refractivity contribution in [1.29, 1.82) is 0 Å². The number of amides is 1. The van der Waals surface area contributed by atoms with Gasteiger partial charge in [0.05, 0.1) is 0 Å². The number of carbonyl (C=O) groups excluding carboxylic acids is 3. The van der Waals surface area contributed by atoms with Crippen molar-refractivity contribution in [3.8, 4) is 11.5 Å². The number of carboxylic acids is 1. The van der Waals surface area contributed by atoms with Crippen molar-refractivity contribution in [3.63, 3.8) is 0 Å². The van der Waals surface area contributed by atoms with Gasteiger partial charge in [-0.25, -0.2) is 4.79 Å². The molecule has 2 N–H and O–H groups in total. The quantitative estimate of drug-likeness (QED) is 0.158. The van der Waals surface area contributed by atoms with Gasteiger partial charge in [-0.15, -0.1) is 0 Å². The lowest BCUT2D eigenvalue weighted by Gasteiger charge is -2.39. The molecule has 4 aromatic rings. The highest BCUT2D eigenvalue weighted by Gasteiger charge is 2.33. The minimum absolute atomic E-state index is 0.0323. The van der Waals surface area contributed by atoms with Crippen LogP contribution in [0.4, 0.5) is 12.0 Å². The number of oxazole rings is 2. The summed E-state index contributed by atoms with van der Waals surface area (Å²) in [6, 6.07) is 11.0. The second-order valence-electron chi connectivity index (χ2n) is 14.3. The monoisotopic (exact) mass is 746 g/mol. The van der Waals surface area contributed by atoms with Gasteiger partial charge in [0, 0.05) is 64.2 Å². The molecule has 15 nitrogen and oxygen atoms in total. The summed E-state index contributed by atoms with van der Waals surface area (Å²) in [5.41, 5.74) is 2.27. The number of esters is 2. The normalized spacial score (nSPS) is 22.0. The molecule has 0 unspecified atom stereocenters. The van der Waals surface area contributed by atoms with E-state index in [4.69, 9.17) is 18.3 Å². The van der Waals surface area contributed by atoms with Gasteiger partial charge in [0.1, 0.15) is 34.6 Å². The Morgan fingerprint density at radius 2 is 1.24 bits per heavy atom. The second kappa shape index (κ2) is 17.3. The number of hydrogen-bond acceptors (Lipinski definition) is 13. The van der Waals surface area contributed by atoms with Crippen molar-refractivity contribution in [2.45, 2.75) is 110 Å². The smallest absolute Gasteiger partial charge is 0.326 e. The Balaban J connectivity index is 0.000000197. The molecule has 0 bridgehead atoms. The van der Waals surface area contributed by atoms with Gasteiger partial charge in [0.2, 0.25) is 5.91 Å². The molecule has 0 radical (unpaired) electrons. The molecule has 0 spiro atoms. The van der Waals surface area contributed by atoms with Gasteiger partial charge < -0.3 is 38.5 Å². The Kier molecular flexibility index (Phi) is 12.4. The van der Waals surface area contributed by atoms with Crippen LogP contribution >= 0.6 is 0 Å². The molecule has 3 aliphatic heterocycles. The first kappa shape index (κ1) is 38.5. The molecule has 7 rings (SSSR count). The largest absolute Gasteiger partial charge is 0.480 e. The van der Waals surface area contributed by atoms with Gasteiger partial charge >= 0.3 is 17.9 Å². The van der Waals surface area contributed by atoms with Crippen LogP contribution in [0.3, 0.4) is 0 Å². The van der Waals surface area contributed by atoms with E-state index in [1.54, 1.807) is 41.3 Å². The standard InChI is InChI=1S/C24H34N4O4.C15H16N2O5/c1-16-7-6-8-17(2)27(16)14-12-25-23(30)21-9-4-5-13-28(21)24-26-20-11-10-19(31-18(3)29)15-22(20)32-24;1-9(18)21-10-5-6-11-13(8-10)22-15(16-11)17-7-3-2-4-12(17)14(19)20/h10-11,15-17,21H,4-9,12-14H2,1-3H3,(H,25,30);5-6,8,12H,2-4,7H2,1H3,(H,19,20)/t16-,17+,21-;12-/m00/s1. The molecule has 3 aliphatic rings. The van der Waals surface area contributed by atoms with Gasteiger partial charge in [0.25, 0.3) is 12.0 Å². The van der Waals surface area contributed by atoms with E-state index in [-0.39, 0.29) is 17.9 Å². The maximum atomic E-state index is 13.1. The van der Waals surface area contributed by atoms with E-state index in [0.29, 0.717) is 77.3 Å². The molecule has 1 amide bonds. The fraction of sp³-hybridized carbons (Fsp3) is 0.538. The first-order valence-corrected chi connectivity index (χ1v) is 18.9. The van der Waals surface area contributed by atoms with Crippen molar-refractivity contribution < 1.29 is 42.6 Å². The SMILES string of the molecule is CC(=O)Oc1ccc2nc(N3CCCC[C@H]3C(=O)NCCN3[C@H](C)CCC[C@@H]3C)oc2c1.CC(=O)Oc1ccc2nc(N3CCCC[C@H]3C(=O)O)oc2c1. The number of aromatic nitrogens is 2. The number of aliphatic carboxylic acids is 1. The maximum Gasteiger partial charge on any atom is 0.326 e. The average molecular weight is 747 g/mol. The summed E-state index contributed by atoms with van der Waals surface area (Å²) in [4.78, 5) is 61.7. The highest BCUT2D eigenvalue weighted by molar-refractivity contribution is 5.86. The summed E-state index contributed by atoms with van der Waals surface area (Å²) < 4.78 is 21.8. The number of nitrogens with zero attached hydrogens (tertiary/aromatic N) is 5. The van der Waals surface area contributed by atoms with Crippen LogP contribution in [0, 0.1) is 0 Å². The van der Waals surface area contributed by atoms with E-state index < -0.39 is 18.0 Å². The molecule has 15 heteroatoms. The zero-order valence-electron chi connectivity index (χ0n) is 31.4. The van der Waals surface area contributed by atoms with Gasteiger partial charge in [-0.2, -0.15) is 9.97 Å². The summed E-state index contributed by atoms with van der Waals surface area (Å²) in [5.74, 6) is -0.850. The van der Waals surface area contributed by atoms with Crippen LogP contribution in [0.2, 0.25) is 0 Å². The highest BCUT2D eigenvalue weighted by Crippen LogP contribution is 2.32. The summed E-state index contributed by atoms with van der Waals surface area (Å²) in [6.07, 6.45) is 8.87. The number of hydrogen-bond donors (Lipinski definition) is 2. The second-order valence-corrected chi connectivity index (χ2v) is 14.3. The Hall–Kier alpha value is -5.18. The third-order valence-corrected chi connectivity index (χ3v) is 10.4. The molecule has 5 heterocycles. The van der Waals surface area contributed by atoms with Gasteiger partial charge in [0.15, 0.2) is 11.2 Å². The van der Waals surface area contributed by atoms with Gasteiger partial charge in [-0.3, -0.25) is 19.3 Å². The molecule has 2 aromatic carbocycles. The topological polar surface area (TPSA) is 181 Å². The number of likely N-dealkylation sites (tertiary alicyclic amines) is 1. The Bertz CT molecular complexity index is 1950. The number of anilines is 2. The molecule has 0 saturated carbocycles. The van der Waals surface area contributed by atoms with Crippen molar-refractivity contribution in [2.75, 3.05) is 36.0 Å². The lowest BCUT2D eigenvalue weighted by Crippen LogP contribution is -2.52. The molecule has 3 fully saturated rings. The van der Waals surface area contributed by atoms with Gasteiger partial charge in [-0.05, 0) is 89.5 Å². The molecular weight excluding hydrogens is 696 g/mol. The lowest BCUT2D eigenvalue weighted by molar-refractivity contribution is -0.139. The predicted octanol–water partition coefficient (Wildman–Crippen LogP) is 5.69. The first-order chi connectivity index (χ1) is 26.0. The number of benzene rings is 2. The Morgan fingerprint density at radius 3 is 1.74 bits per heavy atom. The third kappa shape index (κ3) is 9.30. The highest BCUT2D eigenvalue weighted by atomic mass is 16.5. The third-order valence-electron chi connectivity index (χ3n) is 10.4. The van der Waals surface area contributed by atoms with Crippen molar-refractivity contribution in [1.82, 2.24) is 20.2 Å². The van der Waals surface area contributed by atoms with Crippen LogP contribution in [0.15, 0.2) is 45.2 Å². The summed E-state index contributed by atoms with van der Waals surface area (Å²) in [5, 5.41) is 12.5. The summed E-state index contributed by atoms with van der Waals surface area (Å²) in [7, 11) is 0. The molecular formula is C39H50N6O9. The number of carbonyl (C=O) groups is 4. The number of piperidine rings is 3. The number of nitrogens with one attached hydrogen (secondary N) is 1. The van der Waals surface area contributed by atoms with E-state index in [2.05, 4.69) is 34.0 Å². The molecule has 290 valence electrons. The zero-order valence-corrected chi connectivity index (χ0v) is 31.4.